The maximum absolute atomic E-state index is 13.4. The summed E-state index contributed by atoms with van der Waals surface area (Å²) in [5.41, 5.74) is 3.06. The van der Waals surface area contributed by atoms with Crippen molar-refractivity contribution in [1.82, 2.24) is 0 Å². The summed E-state index contributed by atoms with van der Waals surface area (Å²) in [5, 5.41) is 0.508. The molecule has 2 aromatic rings. The minimum absolute atomic E-state index is 0.166. The second-order valence-electron chi connectivity index (χ2n) is 7.07. The molecule has 0 aliphatic carbocycles. The molecule has 0 N–H and O–H groups in total. The van der Waals surface area contributed by atoms with Crippen LogP contribution in [0.2, 0.25) is 5.02 Å². The maximum atomic E-state index is 13.4. The van der Waals surface area contributed by atoms with Gasteiger partial charge < -0.3 is 9.47 Å². The number of methoxy groups -OCH3 is 2. The molecule has 0 unspecified atom stereocenters. The maximum Gasteiger partial charge on any atom is 0.320 e. The van der Waals surface area contributed by atoms with Gasteiger partial charge in [0.2, 0.25) is 0 Å². The highest BCUT2D eigenvalue weighted by atomic mass is 35.5. The quantitative estimate of drug-likeness (QED) is 0.377. The lowest BCUT2D eigenvalue weighted by Crippen LogP contribution is -2.37. The van der Waals surface area contributed by atoms with E-state index in [1.807, 2.05) is 26.0 Å². The summed E-state index contributed by atoms with van der Waals surface area (Å²) in [6, 6.07) is 12.3. The van der Waals surface area contributed by atoms with Crippen LogP contribution >= 0.6 is 11.6 Å². The van der Waals surface area contributed by atoms with E-state index in [1.165, 1.54) is 14.2 Å². The Morgan fingerprint density at radius 3 is 1.93 bits per heavy atom. The Morgan fingerprint density at radius 1 is 0.897 bits per heavy atom. The Kier molecular flexibility index (Phi) is 7.57. The van der Waals surface area contributed by atoms with Crippen molar-refractivity contribution < 1.29 is 23.9 Å². The minimum atomic E-state index is -1.28. The van der Waals surface area contributed by atoms with Crippen LogP contribution in [0, 0.1) is 25.7 Å². The van der Waals surface area contributed by atoms with Gasteiger partial charge in [0, 0.05) is 22.4 Å². The van der Waals surface area contributed by atoms with Gasteiger partial charge in [0.05, 0.1) is 14.2 Å². The summed E-state index contributed by atoms with van der Waals surface area (Å²) in [4.78, 5) is 38.4. The van der Waals surface area contributed by atoms with E-state index in [1.54, 1.807) is 37.3 Å². The zero-order valence-corrected chi connectivity index (χ0v) is 17.9. The van der Waals surface area contributed by atoms with E-state index in [4.69, 9.17) is 21.1 Å². The predicted octanol–water partition coefficient (Wildman–Crippen LogP) is 4.52. The molecule has 2 atom stereocenters. The fraction of sp³-hybridized carbons (Fsp3) is 0.348. The Labute approximate surface area is 176 Å². The van der Waals surface area contributed by atoms with Crippen molar-refractivity contribution in [3.8, 4) is 0 Å². The molecular weight excluding hydrogens is 392 g/mol. The molecule has 5 nitrogen and oxygen atoms in total. The van der Waals surface area contributed by atoms with Crippen LogP contribution in [-0.2, 0) is 19.1 Å². The SMILES string of the molecule is COC(=O)C(C(=O)OC)[C@H](c1ccc(Cl)cc1)[C@@H](C)C(=O)c1ccc(C)cc1C. The molecular formula is C23H25ClO5. The molecule has 0 aliphatic rings. The number of carbonyl (C=O) groups excluding carboxylic acids is 3. The van der Waals surface area contributed by atoms with Crippen LogP contribution in [-0.4, -0.2) is 31.9 Å². The summed E-state index contributed by atoms with van der Waals surface area (Å²) >= 11 is 6.00. The molecule has 0 saturated carbocycles. The van der Waals surface area contributed by atoms with Crippen LogP contribution in [0.1, 0.15) is 39.9 Å². The highest BCUT2D eigenvalue weighted by Crippen LogP contribution is 2.37. The molecule has 2 aromatic carbocycles. The van der Waals surface area contributed by atoms with Gasteiger partial charge in [-0.25, -0.2) is 0 Å². The molecule has 0 amide bonds. The van der Waals surface area contributed by atoms with Crippen molar-refractivity contribution in [2.45, 2.75) is 26.7 Å². The van der Waals surface area contributed by atoms with Crippen LogP contribution in [0.3, 0.4) is 0 Å². The number of ketones is 1. The average Bonchev–Trinajstić information content (AvgIpc) is 2.70. The van der Waals surface area contributed by atoms with Gasteiger partial charge in [-0.3, -0.25) is 14.4 Å². The second-order valence-corrected chi connectivity index (χ2v) is 7.51. The lowest BCUT2D eigenvalue weighted by molar-refractivity contribution is -0.160. The third-order valence-corrected chi connectivity index (χ3v) is 5.38. The summed E-state index contributed by atoms with van der Waals surface area (Å²) in [6.07, 6.45) is 0. The van der Waals surface area contributed by atoms with E-state index >= 15 is 0 Å². The van der Waals surface area contributed by atoms with Crippen molar-refractivity contribution in [3.05, 3.63) is 69.7 Å². The van der Waals surface area contributed by atoms with Crippen LogP contribution < -0.4 is 0 Å². The first-order chi connectivity index (χ1) is 13.7. The van der Waals surface area contributed by atoms with Crippen LogP contribution in [0.4, 0.5) is 0 Å². The summed E-state index contributed by atoms with van der Waals surface area (Å²) in [5.74, 6) is -4.42. The van der Waals surface area contributed by atoms with E-state index in [0.29, 0.717) is 16.1 Å². The predicted molar refractivity (Wildman–Crippen MR) is 111 cm³/mol. The molecule has 2 rings (SSSR count). The highest BCUT2D eigenvalue weighted by Gasteiger charge is 2.43. The fourth-order valence-corrected chi connectivity index (χ4v) is 3.72. The minimum Gasteiger partial charge on any atom is -0.468 e. The number of halogens is 1. The van der Waals surface area contributed by atoms with Gasteiger partial charge >= 0.3 is 11.9 Å². The van der Waals surface area contributed by atoms with E-state index in [2.05, 4.69) is 0 Å². The Morgan fingerprint density at radius 2 is 1.45 bits per heavy atom. The molecule has 0 aromatic heterocycles. The first-order valence-electron chi connectivity index (χ1n) is 9.23. The van der Waals surface area contributed by atoms with Crippen molar-refractivity contribution in [2.24, 2.45) is 11.8 Å². The fourth-order valence-electron chi connectivity index (χ4n) is 3.60. The number of rotatable bonds is 7. The standard InChI is InChI=1S/C23H25ClO5/c1-13-6-11-18(14(2)12-13)21(25)15(3)19(16-7-9-17(24)10-8-16)20(22(26)28-4)23(27)29-5/h6-12,15,19-20H,1-5H3/t15-,19+/m1/s1. The zero-order chi connectivity index (χ0) is 21.7. The topological polar surface area (TPSA) is 69.7 Å². The molecule has 0 spiro atoms. The Balaban J connectivity index is 2.58. The van der Waals surface area contributed by atoms with Crippen LogP contribution in [0.15, 0.2) is 42.5 Å². The Bertz CT molecular complexity index is 888. The normalized spacial score (nSPS) is 12.9. The summed E-state index contributed by atoms with van der Waals surface area (Å²) in [7, 11) is 2.40. The summed E-state index contributed by atoms with van der Waals surface area (Å²) in [6.45, 7) is 5.52. The smallest absolute Gasteiger partial charge is 0.320 e. The zero-order valence-electron chi connectivity index (χ0n) is 17.2. The van der Waals surface area contributed by atoms with Gasteiger partial charge in [-0.15, -0.1) is 0 Å². The monoisotopic (exact) mass is 416 g/mol. The molecule has 0 radical (unpaired) electrons. The number of benzene rings is 2. The van der Waals surface area contributed by atoms with Gasteiger partial charge in [-0.05, 0) is 37.1 Å². The van der Waals surface area contributed by atoms with Gasteiger partial charge in [0.1, 0.15) is 0 Å². The highest BCUT2D eigenvalue weighted by molar-refractivity contribution is 6.30. The molecule has 0 bridgehead atoms. The number of carbonyl (C=O) groups is 3. The molecule has 0 saturated heterocycles. The first kappa shape index (κ1) is 22.6. The lowest BCUT2D eigenvalue weighted by atomic mass is 9.74. The summed E-state index contributed by atoms with van der Waals surface area (Å²) < 4.78 is 9.72. The van der Waals surface area contributed by atoms with Crippen molar-refractivity contribution in [2.75, 3.05) is 14.2 Å². The third kappa shape index (κ3) is 5.04. The van der Waals surface area contributed by atoms with Gasteiger partial charge in [-0.2, -0.15) is 0 Å². The molecule has 0 heterocycles. The van der Waals surface area contributed by atoms with E-state index in [-0.39, 0.29) is 5.78 Å². The average molecular weight is 417 g/mol. The second kappa shape index (κ2) is 9.70. The van der Waals surface area contributed by atoms with Gasteiger partial charge in [0.25, 0.3) is 0 Å². The lowest BCUT2D eigenvalue weighted by Gasteiger charge is -2.29. The van der Waals surface area contributed by atoms with Crippen molar-refractivity contribution >= 4 is 29.3 Å². The number of esters is 2. The van der Waals surface area contributed by atoms with Crippen LogP contribution in [0.5, 0.6) is 0 Å². The van der Waals surface area contributed by atoms with Crippen molar-refractivity contribution in [1.29, 1.82) is 0 Å². The number of hydrogen-bond acceptors (Lipinski definition) is 5. The van der Waals surface area contributed by atoms with Gasteiger partial charge in [-0.1, -0.05) is 54.4 Å². The molecule has 0 aliphatic heterocycles. The largest absolute Gasteiger partial charge is 0.468 e. The number of aryl methyl sites for hydroxylation is 2. The van der Waals surface area contributed by atoms with Crippen molar-refractivity contribution in [3.63, 3.8) is 0 Å². The third-order valence-electron chi connectivity index (χ3n) is 5.12. The number of hydrogen-bond donors (Lipinski definition) is 0. The Hall–Kier alpha value is -2.66. The molecule has 154 valence electrons. The van der Waals surface area contributed by atoms with E-state index in [0.717, 1.165) is 11.1 Å². The van der Waals surface area contributed by atoms with Gasteiger partial charge in [0.15, 0.2) is 11.7 Å². The number of Topliss-reactive ketones (excluding diaryl/α,β-unsaturated/α-hetero) is 1. The molecule has 0 fully saturated rings. The first-order valence-corrected chi connectivity index (χ1v) is 9.61. The molecule has 29 heavy (non-hydrogen) atoms. The van der Waals surface area contributed by atoms with E-state index < -0.39 is 29.7 Å². The number of ether oxygens (including phenoxy) is 2. The molecule has 6 heteroatoms. The van der Waals surface area contributed by atoms with Crippen LogP contribution in [0.25, 0.3) is 0 Å². The van der Waals surface area contributed by atoms with E-state index in [9.17, 15) is 14.4 Å².